The standard InChI is InChI=1S/C13H27N/c1-5-10-14-12(11(6-2)7-3)13(4)8-9-13/h11-12,14H,5-10H2,1-4H3. The smallest absolute Gasteiger partial charge is 0.0149 e. The Balaban J connectivity index is 2.51. The number of nitrogens with one attached hydrogen (secondary N) is 1. The van der Waals surface area contributed by atoms with Crippen molar-refractivity contribution in [3.8, 4) is 0 Å². The Hall–Kier alpha value is -0.0400. The summed E-state index contributed by atoms with van der Waals surface area (Å²) in [5.41, 5.74) is 0.631. The van der Waals surface area contributed by atoms with Crippen LogP contribution in [0.5, 0.6) is 0 Å². The van der Waals surface area contributed by atoms with Crippen molar-refractivity contribution in [3.05, 3.63) is 0 Å². The van der Waals surface area contributed by atoms with Gasteiger partial charge >= 0.3 is 0 Å². The summed E-state index contributed by atoms with van der Waals surface area (Å²) >= 11 is 0. The van der Waals surface area contributed by atoms with Crippen LogP contribution in [0.3, 0.4) is 0 Å². The normalized spacial score (nSPS) is 21.2. The van der Waals surface area contributed by atoms with E-state index in [4.69, 9.17) is 0 Å². The van der Waals surface area contributed by atoms with E-state index >= 15 is 0 Å². The van der Waals surface area contributed by atoms with Gasteiger partial charge in [-0.05, 0) is 37.1 Å². The van der Waals surface area contributed by atoms with Crippen LogP contribution in [-0.4, -0.2) is 12.6 Å². The minimum atomic E-state index is 0.631. The highest BCUT2D eigenvalue weighted by Gasteiger charge is 2.46. The second-order valence-electron chi connectivity index (χ2n) is 5.16. The zero-order chi connectivity index (χ0) is 10.6. The summed E-state index contributed by atoms with van der Waals surface area (Å²) in [5, 5.41) is 3.77. The summed E-state index contributed by atoms with van der Waals surface area (Å²) in [6.45, 7) is 10.6. The molecule has 1 aliphatic carbocycles. The van der Waals surface area contributed by atoms with Gasteiger partial charge in [-0.25, -0.2) is 0 Å². The van der Waals surface area contributed by atoms with E-state index < -0.39 is 0 Å². The van der Waals surface area contributed by atoms with E-state index in [0.29, 0.717) is 5.41 Å². The molecule has 0 bridgehead atoms. The number of hydrogen-bond acceptors (Lipinski definition) is 1. The summed E-state index contributed by atoms with van der Waals surface area (Å²) in [6, 6.07) is 0.775. The monoisotopic (exact) mass is 197 g/mol. The van der Waals surface area contributed by atoms with Crippen molar-refractivity contribution in [2.24, 2.45) is 11.3 Å². The lowest BCUT2D eigenvalue weighted by atomic mass is 9.83. The first-order valence-corrected chi connectivity index (χ1v) is 6.41. The minimum absolute atomic E-state index is 0.631. The molecule has 0 heterocycles. The molecule has 1 saturated carbocycles. The van der Waals surface area contributed by atoms with E-state index in [1.165, 1.54) is 38.6 Å². The van der Waals surface area contributed by atoms with Gasteiger partial charge in [-0.3, -0.25) is 0 Å². The van der Waals surface area contributed by atoms with Crippen LogP contribution in [0.25, 0.3) is 0 Å². The fourth-order valence-electron chi connectivity index (χ4n) is 2.55. The van der Waals surface area contributed by atoms with E-state index in [1.54, 1.807) is 0 Å². The molecule has 84 valence electrons. The van der Waals surface area contributed by atoms with Crippen LogP contribution in [0.4, 0.5) is 0 Å². The lowest BCUT2D eigenvalue weighted by molar-refractivity contribution is 0.240. The molecule has 1 heteroatoms. The highest BCUT2D eigenvalue weighted by atomic mass is 14.9. The van der Waals surface area contributed by atoms with Crippen molar-refractivity contribution >= 4 is 0 Å². The Morgan fingerprint density at radius 2 is 1.71 bits per heavy atom. The Bertz CT molecular complexity index is 157. The molecule has 1 rings (SSSR count). The van der Waals surface area contributed by atoms with Crippen LogP contribution in [0, 0.1) is 11.3 Å². The molecule has 14 heavy (non-hydrogen) atoms. The van der Waals surface area contributed by atoms with Crippen molar-refractivity contribution < 1.29 is 0 Å². The maximum Gasteiger partial charge on any atom is 0.0149 e. The van der Waals surface area contributed by atoms with E-state index in [2.05, 4.69) is 33.0 Å². The minimum Gasteiger partial charge on any atom is -0.313 e. The maximum absolute atomic E-state index is 3.77. The first kappa shape index (κ1) is 12.0. The SMILES string of the molecule is CCCNC(C(CC)CC)C1(C)CC1. The topological polar surface area (TPSA) is 12.0 Å². The van der Waals surface area contributed by atoms with Gasteiger partial charge in [0.2, 0.25) is 0 Å². The van der Waals surface area contributed by atoms with Gasteiger partial charge in [0.25, 0.3) is 0 Å². The highest BCUT2D eigenvalue weighted by Crippen LogP contribution is 2.51. The first-order valence-electron chi connectivity index (χ1n) is 6.41. The van der Waals surface area contributed by atoms with Gasteiger partial charge in [0, 0.05) is 6.04 Å². The molecule has 1 atom stereocenters. The molecule has 0 aromatic carbocycles. The lowest BCUT2D eigenvalue weighted by Crippen LogP contribution is -2.42. The van der Waals surface area contributed by atoms with Crippen LogP contribution < -0.4 is 5.32 Å². The highest BCUT2D eigenvalue weighted by molar-refractivity contribution is 5.00. The van der Waals surface area contributed by atoms with Gasteiger partial charge in [-0.1, -0.05) is 40.5 Å². The van der Waals surface area contributed by atoms with Gasteiger partial charge in [0.15, 0.2) is 0 Å². The maximum atomic E-state index is 3.77. The Kier molecular flexibility index (Phi) is 4.43. The summed E-state index contributed by atoms with van der Waals surface area (Å²) < 4.78 is 0. The molecule has 0 spiro atoms. The first-order chi connectivity index (χ1) is 6.68. The van der Waals surface area contributed by atoms with Gasteiger partial charge in [0.1, 0.15) is 0 Å². The zero-order valence-corrected chi connectivity index (χ0v) is 10.4. The van der Waals surface area contributed by atoms with Gasteiger partial charge in [0.05, 0.1) is 0 Å². The third-order valence-electron chi connectivity index (χ3n) is 3.92. The summed E-state index contributed by atoms with van der Waals surface area (Å²) in [4.78, 5) is 0. The Labute approximate surface area is 89.7 Å². The average molecular weight is 197 g/mol. The fourth-order valence-corrected chi connectivity index (χ4v) is 2.55. The Morgan fingerprint density at radius 1 is 1.14 bits per heavy atom. The molecule has 1 nitrogen and oxygen atoms in total. The molecule has 0 amide bonds. The molecular formula is C13H27N. The molecule has 0 radical (unpaired) electrons. The molecule has 1 aliphatic rings. The lowest BCUT2D eigenvalue weighted by Gasteiger charge is -2.32. The van der Waals surface area contributed by atoms with Crippen molar-refractivity contribution in [2.75, 3.05) is 6.54 Å². The Morgan fingerprint density at radius 3 is 2.07 bits per heavy atom. The summed E-state index contributed by atoms with van der Waals surface area (Å²) in [7, 11) is 0. The summed E-state index contributed by atoms with van der Waals surface area (Å²) in [5.74, 6) is 0.883. The van der Waals surface area contributed by atoms with Crippen molar-refractivity contribution in [1.82, 2.24) is 5.32 Å². The quantitative estimate of drug-likeness (QED) is 0.657. The second-order valence-corrected chi connectivity index (χ2v) is 5.16. The van der Waals surface area contributed by atoms with Crippen molar-refractivity contribution in [1.29, 1.82) is 0 Å². The van der Waals surface area contributed by atoms with E-state index in [1.807, 2.05) is 0 Å². The van der Waals surface area contributed by atoms with Crippen molar-refractivity contribution in [2.45, 2.75) is 65.8 Å². The van der Waals surface area contributed by atoms with Crippen LogP contribution in [0.2, 0.25) is 0 Å². The average Bonchev–Trinajstić information content (AvgIpc) is 2.92. The van der Waals surface area contributed by atoms with E-state index in [0.717, 1.165) is 12.0 Å². The van der Waals surface area contributed by atoms with Crippen molar-refractivity contribution in [3.63, 3.8) is 0 Å². The molecule has 1 N–H and O–H groups in total. The largest absolute Gasteiger partial charge is 0.313 e. The van der Waals surface area contributed by atoms with Crippen LogP contribution >= 0.6 is 0 Å². The molecule has 0 saturated heterocycles. The molecule has 0 aliphatic heterocycles. The van der Waals surface area contributed by atoms with Gasteiger partial charge in [-0.15, -0.1) is 0 Å². The summed E-state index contributed by atoms with van der Waals surface area (Å²) in [6.07, 6.45) is 6.78. The van der Waals surface area contributed by atoms with Crippen LogP contribution in [0.1, 0.15) is 59.8 Å². The molecule has 0 aromatic rings. The van der Waals surface area contributed by atoms with Gasteiger partial charge < -0.3 is 5.32 Å². The third-order valence-corrected chi connectivity index (χ3v) is 3.92. The molecule has 0 aromatic heterocycles. The predicted octanol–water partition coefficient (Wildman–Crippen LogP) is 3.59. The van der Waals surface area contributed by atoms with E-state index in [9.17, 15) is 0 Å². The molecule has 1 unspecified atom stereocenters. The molecular weight excluding hydrogens is 170 g/mol. The zero-order valence-electron chi connectivity index (χ0n) is 10.4. The van der Waals surface area contributed by atoms with Crippen LogP contribution in [0.15, 0.2) is 0 Å². The fraction of sp³-hybridized carbons (Fsp3) is 1.00. The third kappa shape index (κ3) is 2.73. The number of rotatable bonds is 7. The van der Waals surface area contributed by atoms with Gasteiger partial charge in [-0.2, -0.15) is 0 Å². The predicted molar refractivity (Wildman–Crippen MR) is 63.5 cm³/mol. The number of hydrogen-bond donors (Lipinski definition) is 1. The molecule has 1 fully saturated rings. The second kappa shape index (κ2) is 5.16. The van der Waals surface area contributed by atoms with E-state index in [-0.39, 0.29) is 0 Å². The van der Waals surface area contributed by atoms with Crippen LogP contribution in [-0.2, 0) is 0 Å².